The number of amides is 1. The molecule has 0 atom stereocenters. The summed E-state index contributed by atoms with van der Waals surface area (Å²) in [6, 6.07) is 32.1. The number of carbonyl (C=O) groups is 1. The minimum absolute atomic E-state index is 0. The number of unbranched alkanes of at least 4 members (excludes halogenated alkanes) is 6. The Morgan fingerprint density at radius 2 is 0.880 bits per heavy atom. The van der Waals surface area contributed by atoms with Gasteiger partial charge >= 0.3 is 12.1 Å². The molecule has 50 heavy (non-hydrogen) atoms. The number of halogens is 3. The second-order valence-electron chi connectivity index (χ2n) is 12.4. The fourth-order valence-electron chi connectivity index (χ4n) is 5.75. The van der Waals surface area contributed by atoms with Gasteiger partial charge in [0.25, 0.3) is 0 Å². The quantitative estimate of drug-likeness (QED) is 0.0497. The van der Waals surface area contributed by atoms with Crippen LogP contribution in [0.1, 0.15) is 88.3 Å². The summed E-state index contributed by atoms with van der Waals surface area (Å²) in [5.41, 5.74) is 3.31. The minimum atomic E-state index is -4.81. The van der Waals surface area contributed by atoms with Gasteiger partial charge in [0.2, 0.25) is 0 Å². The van der Waals surface area contributed by atoms with Crippen molar-refractivity contribution in [3.05, 3.63) is 108 Å². The summed E-state index contributed by atoms with van der Waals surface area (Å²) >= 11 is 0. The molecule has 0 unspecified atom stereocenters. The third-order valence-corrected chi connectivity index (χ3v) is 8.66. The van der Waals surface area contributed by atoms with E-state index >= 15 is 0 Å². The van der Waals surface area contributed by atoms with Crippen LogP contribution in [0.5, 0.6) is 0 Å². The highest BCUT2D eigenvalue weighted by Crippen LogP contribution is 2.36. The summed E-state index contributed by atoms with van der Waals surface area (Å²) < 4.78 is 35.4. The fraction of sp³-hybridized carbons (Fsp3) is 0.525. The summed E-state index contributed by atoms with van der Waals surface area (Å²) in [5.74, 6) is -1.99. The van der Waals surface area contributed by atoms with E-state index in [2.05, 4.69) is 96.3 Å². The third-order valence-electron chi connectivity index (χ3n) is 8.66. The standard InChI is InChI=1S/C28H35NO2.C11H20F3NO3.CH4/c30-22-24(23-31)14-6-1-2-13-21-29-28(25-15-7-3-8-16-25,26-17-9-4-10-18-26)27-19-11-5-12-20-27;12-11(13,14)10(18)15-6-4-2-1-3-5-9(7-16)8-17;/h3-5,7-12,15-20,24,29-31H,1-2,6,13-14,21-23H2;9,16-17H,1-8H2,(H,15,18);1H4. The molecular weight excluding hydrogens is 645 g/mol. The Morgan fingerprint density at radius 3 is 1.22 bits per heavy atom. The van der Waals surface area contributed by atoms with Crippen LogP contribution in [0.4, 0.5) is 13.2 Å². The number of carbonyl (C=O) groups excluding carboxylic acids is 1. The van der Waals surface area contributed by atoms with Crippen LogP contribution in [-0.2, 0) is 10.3 Å². The van der Waals surface area contributed by atoms with Crippen molar-refractivity contribution in [2.24, 2.45) is 11.8 Å². The summed E-state index contributed by atoms with van der Waals surface area (Å²) in [6.07, 6.45) is 3.96. The molecule has 3 aromatic carbocycles. The van der Waals surface area contributed by atoms with Crippen LogP contribution in [0.2, 0.25) is 0 Å². The first-order chi connectivity index (χ1) is 23.7. The number of aliphatic hydroxyl groups is 4. The molecule has 3 aromatic rings. The lowest BCUT2D eigenvalue weighted by molar-refractivity contribution is -0.173. The van der Waals surface area contributed by atoms with Crippen LogP contribution in [0.3, 0.4) is 0 Å². The van der Waals surface area contributed by atoms with Gasteiger partial charge in [-0.3, -0.25) is 10.1 Å². The third kappa shape index (κ3) is 15.7. The van der Waals surface area contributed by atoms with Gasteiger partial charge in [-0.2, -0.15) is 13.2 Å². The second-order valence-corrected chi connectivity index (χ2v) is 12.4. The van der Waals surface area contributed by atoms with Crippen molar-refractivity contribution in [3.8, 4) is 0 Å². The summed E-state index contributed by atoms with van der Waals surface area (Å²) in [4.78, 5) is 10.4. The first kappa shape index (κ1) is 44.7. The molecule has 0 aliphatic heterocycles. The topological polar surface area (TPSA) is 122 Å². The van der Waals surface area contributed by atoms with Crippen LogP contribution in [0, 0.1) is 11.8 Å². The van der Waals surface area contributed by atoms with Crippen LogP contribution in [-0.4, -0.2) is 72.0 Å². The van der Waals surface area contributed by atoms with Gasteiger partial charge in [-0.05, 0) is 48.9 Å². The first-order valence-electron chi connectivity index (χ1n) is 17.4. The lowest BCUT2D eigenvalue weighted by Gasteiger charge is -2.37. The highest BCUT2D eigenvalue weighted by Gasteiger charge is 2.38. The van der Waals surface area contributed by atoms with Gasteiger partial charge in [0.1, 0.15) is 0 Å². The van der Waals surface area contributed by atoms with Crippen molar-refractivity contribution in [2.45, 2.75) is 83.4 Å². The van der Waals surface area contributed by atoms with Gasteiger partial charge in [-0.1, -0.05) is 137 Å². The van der Waals surface area contributed by atoms with Crippen molar-refractivity contribution in [2.75, 3.05) is 39.5 Å². The van der Waals surface area contributed by atoms with Gasteiger partial charge in [0.15, 0.2) is 0 Å². The number of aliphatic hydroxyl groups excluding tert-OH is 4. The van der Waals surface area contributed by atoms with Gasteiger partial charge in [-0.25, -0.2) is 0 Å². The van der Waals surface area contributed by atoms with Crippen molar-refractivity contribution in [1.82, 2.24) is 10.6 Å². The molecule has 0 saturated heterocycles. The molecule has 7 nitrogen and oxygen atoms in total. The predicted molar refractivity (Wildman–Crippen MR) is 194 cm³/mol. The number of rotatable bonds is 22. The molecule has 0 fully saturated rings. The van der Waals surface area contributed by atoms with Gasteiger partial charge < -0.3 is 25.7 Å². The Kier molecular flexibility index (Phi) is 22.9. The molecule has 10 heteroatoms. The molecule has 6 N–H and O–H groups in total. The van der Waals surface area contributed by atoms with Crippen molar-refractivity contribution in [3.63, 3.8) is 0 Å². The Labute approximate surface area is 297 Å². The average molecular weight is 705 g/mol. The highest BCUT2D eigenvalue weighted by atomic mass is 19.4. The van der Waals surface area contributed by atoms with Crippen molar-refractivity contribution < 1.29 is 38.4 Å². The van der Waals surface area contributed by atoms with E-state index in [0.29, 0.717) is 19.3 Å². The van der Waals surface area contributed by atoms with Crippen LogP contribution in [0.25, 0.3) is 0 Å². The Morgan fingerprint density at radius 1 is 0.540 bits per heavy atom. The first-order valence-corrected chi connectivity index (χ1v) is 17.4. The Hall–Kier alpha value is -3.28. The fourth-order valence-corrected chi connectivity index (χ4v) is 5.75. The second kappa shape index (κ2) is 25.6. The van der Waals surface area contributed by atoms with Crippen LogP contribution in [0.15, 0.2) is 91.0 Å². The zero-order chi connectivity index (χ0) is 35.8. The molecule has 1 amide bonds. The van der Waals surface area contributed by atoms with E-state index in [9.17, 15) is 28.2 Å². The molecule has 0 aliphatic carbocycles. The largest absolute Gasteiger partial charge is 0.471 e. The average Bonchev–Trinajstić information content (AvgIpc) is 3.13. The van der Waals surface area contributed by atoms with E-state index in [1.807, 2.05) is 0 Å². The van der Waals surface area contributed by atoms with Gasteiger partial charge in [-0.15, -0.1) is 0 Å². The molecule has 3 rings (SSSR count). The minimum Gasteiger partial charge on any atom is -0.396 e. The molecule has 0 bridgehead atoms. The number of nitrogens with one attached hydrogen (secondary N) is 2. The molecule has 0 radical (unpaired) electrons. The lowest BCUT2D eigenvalue weighted by Crippen LogP contribution is -2.45. The molecule has 0 spiro atoms. The maximum atomic E-state index is 11.8. The summed E-state index contributed by atoms with van der Waals surface area (Å²) in [5, 5.41) is 41.7. The van der Waals surface area contributed by atoms with Crippen molar-refractivity contribution >= 4 is 5.91 Å². The number of hydrogen-bond acceptors (Lipinski definition) is 6. The van der Waals surface area contributed by atoms with E-state index in [1.54, 1.807) is 5.32 Å². The van der Waals surface area contributed by atoms with Gasteiger partial charge in [0, 0.05) is 44.8 Å². The zero-order valence-corrected chi connectivity index (χ0v) is 28.5. The molecular formula is C40H59F3N2O5. The maximum absolute atomic E-state index is 11.8. The van der Waals surface area contributed by atoms with E-state index in [4.69, 9.17) is 10.2 Å². The van der Waals surface area contributed by atoms with Crippen LogP contribution < -0.4 is 10.6 Å². The van der Waals surface area contributed by atoms with Crippen LogP contribution >= 0.6 is 0 Å². The number of benzene rings is 3. The maximum Gasteiger partial charge on any atom is 0.471 e. The van der Waals surface area contributed by atoms with Gasteiger partial charge in [0.05, 0.1) is 5.54 Å². The summed E-state index contributed by atoms with van der Waals surface area (Å²) in [7, 11) is 0. The van der Waals surface area contributed by atoms with Crippen molar-refractivity contribution in [1.29, 1.82) is 0 Å². The summed E-state index contributed by atoms with van der Waals surface area (Å²) in [6.45, 7) is 0.956. The van der Waals surface area contributed by atoms with E-state index < -0.39 is 17.6 Å². The Bertz CT molecular complexity index is 1150. The van der Waals surface area contributed by atoms with E-state index in [0.717, 1.165) is 51.5 Å². The zero-order valence-electron chi connectivity index (χ0n) is 28.5. The smallest absolute Gasteiger partial charge is 0.396 e. The van der Waals surface area contributed by atoms with E-state index in [-0.39, 0.29) is 52.2 Å². The van der Waals surface area contributed by atoms with E-state index in [1.165, 1.54) is 16.7 Å². The highest BCUT2D eigenvalue weighted by molar-refractivity contribution is 5.81. The number of alkyl halides is 3. The lowest BCUT2D eigenvalue weighted by atomic mass is 9.77. The molecule has 0 aromatic heterocycles. The SMILES string of the molecule is C.O=C(NCCCCCCC(CO)CO)C(F)(F)F.OCC(CO)CCCCCCNC(c1ccccc1)(c1ccccc1)c1ccccc1. The predicted octanol–water partition coefficient (Wildman–Crippen LogP) is 6.97. The Balaban J connectivity index is 0.000000567. The molecule has 0 heterocycles. The number of hydrogen-bond donors (Lipinski definition) is 6. The molecule has 0 aliphatic rings. The molecule has 280 valence electrons. The monoisotopic (exact) mass is 704 g/mol. The normalized spacial score (nSPS) is 11.5. The molecule has 0 saturated carbocycles.